The van der Waals surface area contributed by atoms with Gasteiger partial charge in [-0.1, -0.05) is 0 Å². The molecular weight excluding hydrogens is 218 g/mol. The highest BCUT2D eigenvalue weighted by molar-refractivity contribution is 4.95. The average Bonchev–Trinajstić information content (AvgIpc) is 2.78. The molecule has 0 saturated carbocycles. The smallest absolute Gasteiger partial charge is 0.0949 e. The third kappa shape index (κ3) is 6.41. The standard InChI is InChI=1S/C12H23N3O2/c1-17-8-5-13-9-12-10-15(11-14-12)6-3-2-4-7-16/h10-11,13,16H,2-9H2,1H3. The van der Waals surface area contributed by atoms with Crippen LogP contribution >= 0.6 is 0 Å². The van der Waals surface area contributed by atoms with E-state index < -0.39 is 0 Å². The van der Waals surface area contributed by atoms with E-state index in [2.05, 4.69) is 21.1 Å². The van der Waals surface area contributed by atoms with Crippen molar-refractivity contribution in [3.8, 4) is 0 Å². The number of ether oxygens (including phenoxy) is 1. The van der Waals surface area contributed by atoms with Gasteiger partial charge in [-0.05, 0) is 19.3 Å². The molecule has 17 heavy (non-hydrogen) atoms. The summed E-state index contributed by atoms with van der Waals surface area (Å²) in [4.78, 5) is 4.32. The lowest BCUT2D eigenvalue weighted by Gasteiger charge is -2.01. The van der Waals surface area contributed by atoms with Crippen molar-refractivity contribution >= 4 is 0 Å². The van der Waals surface area contributed by atoms with Crippen LogP contribution in [-0.4, -0.2) is 41.5 Å². The molecule has 5 heteroatoms. The molecule has 0 aliphatic rings. The molecule has 1 aromatic heterocycles. The molecule has 1 heterocycles. The van der Waals surface area contributed by atoms with Crippen LogP contribution in [0.25, 0.3) is 0 Å². The Balaban J connectivity index is 2.14. The Bertz CT molecular complexity index is 263. The van der Waals surface area contributed by atoms with E-state index in [0.29, 0.717) is 6.61 Å². The molecule has 0 bridgehead atoms. The van der Waals surface area contributed by atoms with E-state index in [-0.39, 0.29) is 0 Å². The second-order valence-electron chi connectivity index (χ2n) is 4.06. The van der Waals surface area contributed by atoms with Crippen LogP contribution in [0.2, 0.25) is 0 Å². The molecule has 0 atom stereocenters. The third-order valence-electron chi connectivity index (χ3n) is 2.55. The fraction of sp³-hybridized carbons (Fsp3) is 0.750. The summed E-state index contributed by atoms with van der Waals surface area (Å²) in [5.74, 6) is 0. The lowest BCUT2D eigenvalue weighted by molar-refractivity contribution is 0.199. The van der Waals surface area contributed by atoms with E-state index in [9.17, 15) is 0 Å². The molecule has 0 aliphatic heterocycles. The van der Waals surface area contributed by atoms with Crippen molar-refractivity contribution < 1.29 is 9.84 Å². The maximum atomic E-state index is 8.67. The van der Waals surface area contributed by atoms with Crippen LogP contribution in [0.15, 0.2) is 12.5 Å². The number of hydrogen-bond donors (Lipinski definition) is 2. The summed E-state index contributed by atoms with van der Waals surface area (Å²) in [6.07, 6.45) is 6.98. The second kappa shape index (κ2) is 9.15. The van der Waals surface area contributed by atoms with Gasteiger partial charge in [-0.15, -0.1) is 0 Å². The molecule has 0 amide bonds. The molecule has 0 aromatic carbocycles. The summed E-state index contributed by atoms with van der Waals surface area (Å²) in [5.41, 5.74) is 1.06. The van der Waals surface area contributed by atoms with Gasteiger partial charge in [-0.3, -0.25) is 0 Å². The molecule has 0 fully saturated rings. The van der Waals surface area contributed by atoms with Crippen LogP contribution in [0.1, 0.15) is 25.0 Å². The quantitative estimate of drug-likeness (QED) is 0.594. The van der Waals surface area contributed by atoms with Gasteiger partial charge in [0.25, 0.3) is 0 Å². The Morgan fingerprint density at radius 3 is 3.06 bits per heavy atom. The van der Waals surface area contributed by atoms with E-state index in [1.807, 2.05) is 6.33 Å². The number of imidazole rings is 1. The van der Waals surface area contributed by atoms with E-state index in [0.717, 1.165) is 51.2 Å². The number of nitrogens with one attached hydrogen (secondary N) is 1. The van der Waals surface area contributed by atoms with Gasteiger partial charge < -0.3 is 19.7 Å². The van der Waals surface area contributed by atoms with Crippen molar-refractivity contribution in [2.45, 2.75) is 32.4 Å². The predicted octanol–water partition coefficient (Wildman–Crippen LogP) is 0.782. The Kier molecular flexibility index (Phi) is 7.62. The highest BCUT2D eigenvalue weighted by Crippen LogP contribution is 2.01. The minimum Gasteiger partial charge on any atom is -0.396 e. The summed E-state index contributed by atoms with van der Waals surface area (Å²) in [6, 6.07) is 0. The van der Waals surface area contributed by atoms with Gasteiger partial charge in [0.15, 0.2) is 0 Å². The average molecular weight is 241 g/mol. The summed E-state index contributed by atoms with van der Waals surface area (Å²) >= 11 is 0. The highest BCUT2D eigenvalue weighted by Gasteiger charge is 1.98. The molecular formula is C12H23N3O2. The van der Waals surface area contributed by atoms with Gasteiger partial charge in [-0.25, -0.2) is 4.98 Å². The third-order valence-corrected chi connectivity index (χ3v) is 2.55. The lowest BCUT2D eigenvalue weighted by Crippen LogP contribution is -2.18. The molecule has 2 N–H and O–H groups in total. The number of aryl methyl sites for hydroxylation is 1. The van der Waals surface area contributed by atoms with E-state index >= 15 is 0 Å². The molecule has 1 aromatic rings. The van der Waals surface area contributed by atoms with Gasteiger partial charge in [0.1, 0.15) is 0 Å². The molecule has 0 radical (unpaired) electrons. The lowest BCUT2D eigenvalue weighted by atomic mass is 10.2. The first-order valence-corrected chi connectivity index (χ1v) is 6.18. The maximum absolute atomic E-state index is 8.67. The highest BCUT2D eigenvalue weighted by atomic mass is 16.5. The normalized spacial score (nSPS) is 10.9. The number of rotatable bonds is 10. The molecule has 0 aliphatic carbocycles. The first kappa shape index (κ1) is 14.2. The van der Waals surface area contributed by atoms with Crippen molar-refractivity contribution in [1.29, 1.82) is 0 Å². The number of aliphatic hydroxyl groups is 1. The van der Waals surface area contributed by atoms with Gasteiger partial charge >= 0.3 is 0 Å². The van der Waals surface area contributed by atoms with Crippen LogP contribution in [0.5, 0.6) is 0 Å². The van der Waals surface area contributed by atoms with Gasteiger partial charge in [-0.2, -0.15) is 0 Å². The molecule has 0 unspecified atom stereocenters. The SMILES string of the molecule is COCCNCc1cn(CCCCCO)cn1. The van der Waals surface area contributed by atoms with Gasteiger partial charge in [0, 0.05) is 39.5 Å². The molecule has 1 rings (SSSR count). The first-order chi connectivity index (χ1) is 8.36. The molecule has 98 valence electrons. The zero-order valence-electron chi connectivity index (χ0n) is 10.6. The Morgan fingerprint density at radius 2 is 2.29 bits per heavy atom. The second-order valence-corrected chi connectivity index (χ2v) is 4.06. The Labute approximate surface area is 103 Å². The van der Waals surface area contributed by atoms with Gasteiger partial charge in [0.05, 0.1) is 18.6 Å². The van der Waals surface area contributed by atoms with Gasteiger partial charge in [0.2, 0.25) is 0 Å². The number of methoxy groups -OCH3 is 1. The van der Waals surface area contributed by atoms with Crippen molar-refractivity contribution in [3.63, 3.8) is 0 Å². The Hall–Kier alpha value is -0.910. The van der Waals surface area contributed by atoms with Crippen LogP contribution in [-0.2, 0) is 17.8 Å². The van der Waals surface area contributed by atoms with Crippen LogP contribution < -0.4 is 5.32 Å². The van der Waals surface area contributed by atoms with Crippen molar-refractivity contribution in [2.75, 3.05) is 26.9 Å². The number of aromatic nitrogens is 2. The van der Waals surface area contributed by atoms with Crippen molar-refractivity contribution in [1.82, 2.24) is 14.9 Å². The van der Waals surface area contributed by atoms with Crippen LogP contribution in [0.4, 0.5) is 0 Å². The largest absolute Gasteiger partial charge is 0.396 e. The minimum atomic E-state index is 0.290. The van der Waals surface area contributed by atoms with E-state index in [1.165, 1.54) is 0 Å². The minimum absolute atomic E-state index is 0.290. The number of aliphatic hydroxyl groups excluding tert-OH is 1. The first-order valence-electron chi connectivity index (χ1n) is 6.18. The summed E-state index contributed by atoms with van der Waals surface area (Å²) in [5, 5.41) is 11.9. The van der Waals surface area contributed by atoms with Crippen LogP contribution in [0.3, 0.4) is 0 Å². The number of unbranched alkanes of at least 4 members (excludes halogenated alkanes) is 2. The van der Waals surface area contributed by atoms with E-state index in [1.54, 1.807) is 7.11 Å². The zero-order valence-corrected chi connectivity index (χ0v) is 10.6. The number of hydrogen-bond acceptors (Lipinski definition) is 4. The predicted molar refractivity (Wildman–Crippen MR) is 66.7 cm³/mol. The fourth-order valence-electron chi connectivity index (χ4n) is 1.59. The number of nitrogens with zero attached hydrogens (tertiary/aromatic N) is 2. The maximum Gasteiger partial charge on any atom is 0.0949 e. The van der Waals surface area contributed by atoms with Crippen molar-refractivity contribution in [2.24, 2.45) is 0 Å². The summed E-state index contributed by atoms with van der Waals surface area (Å²) < 4.78 is 7.05. The monoisotopic (exact) mass is 241 g/mol. The molecule has 5 nitrogen and oxygen atoms in total. The van der Waals surface area contributed by atoms with Crippen LogP contribution in [0, 0.1) is 0 Å². The topological polar surface area (TPSA) is 59.3 Å². The molecule has 0 spiro atoms. The summed E-state index contributed by atoms with van der Waals surface area (Å²) in [7, 11) is 1.70. The van der Waals surface area contributed by atoms with Crippen molar-refractivity contribution in [3.05, 3.63) is 18.2 Å². The zero-order chi connectivity index (χ0) is 12.3. The molecule has 0 saturated heterocycles. The Morgan fingerprint density at radius 1 is 1.41 bits per heavy atom. The fourth-order valence-corrected chi connectivity index (χ4v) is 1.59. The van der Waals surface area contributed by atoms with E-state index in [4.69, 9.17) is 9.84 Å². The summed E-state index contributed by atoms with van der Waals surface area (Å²) in [6.45, 7) is 3.62.